The van der Waals surface area contributed by atoms with Gasteiger partial charge >= 0.3 is 0 Å². The summed E-state index contributed by atoms with van der Waals surface area (Å²) in [5, 5.41) is 3.17. The topological polar surface area (TPSA) is 29.1 Å². The van der Waals surface area contributed by atoms with E-state index in [9.17, 15) is 4.79 Å². The van der Waals surface area contributed by atoms with E-state index in [-0.39, 0.29) is 5.91 Å². The highest BCUT2D eigenvalue weighted by Gasteiger charge is 2.24. The minimum absolute atomic E-state index is 0.240. The predicted molar refractivity (Wildman–Crippen MR) is 159 cm³/mol. The number of amides is 1. The van der Waals surface area contributed by atoms with Crippen LogP contribution >= 0.6 is 0 Å². The van der Waals surface area contributed by atoms with Gasteiger partial charge in [-0.1, -0.05) is 96.8 Å². The number of nitrogens with one attached hydrogen (secondary N) is 1. The molecule has 0 radical (unpaired) electrons. The Morgan fingerprint density at radius 1 is 0.500 bits per heavy atom. The smallest absolute Gasteiger partial charge is 0.220 e. The Balaban J connectivity index is 3.62. The fourth-order valence-electron chi connectivity index (χ4n) is 4.58. The Labute approximate surface area is 227 Å². The van der Waals surface area contributed by atoms with Crippen LogP contribution in [0.2, 0.25) is 0 Å². The van der Waals surface area contributed by atoms with E-state index >= 15 is 0 Å². The average molecular weight is 514 g/mol. The second-order valence-electron chi connectivity index (χ2n) is 13.8. The number of hydrogen-bond donors (Lipinski definition) is 1. The van der Waals surface area contributed by atoms with Crippen LogP contribution in [0, 0.1) is 0 Å². The predicted octanol–water partition coefficient (Wildman–Crippen LogP) is 6.22. The van der Waals surface area contributed by atoms with Crippen LogP contribution in [-0.4, -0.2) is 108 Å². The number of unbranched alkanes of at least 4 members (excludes halogenated alkanes) is 14. The number of hydrogen-bond acceptors (Lipinski definition) is 1. The van der Waals surface area contributed by atoms with Crippen molar-refractivity contribution < 1.29 is 18.2 Å². The molecule has 0 atom stereocenters. The van der Waals surface area contributed by atoms with Crippen molar-refractivity contribution in [1.82, 2.24) is 5.32 Å². The van der Waals surface area contributed by atoms with E-state index in [4.69, 9.17) is 0 Å². The van der Waals surface area contributed by atoms with E-state index in [1.54, 1.807) is 0 Å². The van der Waals surface area contributed by atoms with Crippen molar-refractivity contribution in [3.8, 4) is 0 Å². The molecule has 0 unspecified atom stereocenters. The van der Waals surface area contributed by atoms with Gasteiger partial charge in [-0.25, -0.2) is 0 Å². The summed E-state index contributed by atoms with van der Waals surface area (Å²) in [4.78, 5) is 12.2. The van der Waals surface area contributed by atoms with Crippen LogP contribution in [-0.2, 0) is 4.79 Å². The third-order valence-electron chi connectivity index (χ3n) is 7.73. The first-order valence-corrected chi connectivity index (χ1v) is 15.6. The van der Waals surface area contributed by atoms with Crippen LogP contribution in [0.25, 0.3) is 0 Å². The average Bonchev–Trinajstić information content (AvgIpc) is 2.79. The highest BCUT2D eigenvalue weighted by atomic mass is 16.1. The molecule has 0 aromatic rings. The first kappa shape index (κ1) is 35.4. The number of rotatable bonds is 25. The lowest BCUT2D eigenvalue weighted by Crippen LogP contribution is -2.55. The molecule has 0 aromatic heterocycles. The van der Waals surface area contributed by atoms with Gasteiger partial charge in [-0.15, -0.1) is 0 Å². The lowest BCUT2D eigenvalue weighted by molar-refractivity contribution is -0.963. The van der Waals surface area contributed by atoms with Gasteiger partial charge in [0.25, 0.3) is 0 Å². The Hall–Kier alpha value is -0.650. The minimum atomic E-state index is 0.240. The summed E-state index contributed by atoms with van der Waals surface area (Å²) in [7, 11) is 16.1. The molecule has 0 aliphatic rings. The van der Waals surface area contributed by atoms with Crippen molar-refractivity contribution in [2.75, 3.05) is 88.6 Å². The lowest BCUT2D eigenvalue weighted by atomic mass is 10.0. The molecule has 1 amide bonds. The van der Waals surface area contributed by atoms with Crippen LogP contribution in [0.1, 0.15) is 110 Å². The SMILES string of the molecule is CCCCCCCCCCCCCCCCCC(=O)NCC[N+](C)(C)CC[N+](C)(C)CC[N+](C)(C)C. The van der Waals surface area contributed by atoms with E-state index in [2.05, 4.69) is 61.6 Å². The van der Waals surface area contributed by atoms with Crippen LogP contribution in [0.4, 0.5) is 0 Å². The second-order valence-corrected chi connectivity index (χ2v) is 13.8. The molecule has 216 valence electrons. The minimum Gasteiger partial charge on any atom is -0.350 e. The van der Waals surface area contributed by atoms with Crippen molar-refractivity contribution in [3.05, 3.63) is 0 Å². The zero-order valence-corrected chi connectivity index (χ0v) is 26.3. The van der Waals surface area contributed by atoms with E-state index in [0.29, 0.717) is 6.42 Å². The summed E-state index contributed by atoms with van der Waals surface area (Å²) in [6, 6.07) is 0. The number of carbonyl (C=O) groups excluding carboxylic acids is 1. The molecule has 0 saturated carbocycles. The van der Waals surface area contributed by atoms with Gasteiger partial charge in [-0.3, -0.25) is 4.79 Å². The molecule has 5 heteroatoms. The summed E-state index contributed by atoms with van der Waals surface area (Å²) in [5.41, 5.74) is 0. The first-order valence-electron chi connectivity index (χ1n) is 15.6. The molecule has 5 nitrogen and oxygen atoms in total. The van der Waals surface area contributed by atoms with Crippen LogP contribution in [0.15, 0.2) is 0 Å². The van der Waals surface area contributed by atoms with Gasteiger partial charge < -0.3 is 18.8 Å². The molecule has 0 rings (SSSR count). The zero-order chi connectivity index (χ0) is 27.3. The van der Waals surface area contributed by atoms with Crippen molar-refractivity contribution in [2.45, 2.75) is 110 Å². The molecular formula is C31H69N4O+3. The summed E-state index contributed by atoms with van der Waals surface area (Å²) >= 11 is 0. The molecule has 0 bridgehead atoms. The van der Waals surface area contributed by atoms with Crippen LogP contribution in [0.5, 0.6) is 0 Å². The number of likely N-dealkylation sites (N-methyl/N-ethyl adjacent to an activating group) is 3. The second kappa shape index (κ2) is 20.3. The summed E-state index contributed by atoms with van der Waals surface area (Å²) < 4.78 is 3.04. The van der Waals surface area contributed by atoms with Gasteiger partial charge in [-0.05, 0) is 6.42 Å². The molecule has 0 spiro atoms. The molecule has 0 saturated heterocycles. The van der Waals surface area contributed by atoms with Gasteiger partial charge in [0.1, 0.15) is 26.2 Å². The fraction of sp³-hybridized carbons (Fsp3) is 0.968. The van der Waals surface area contributed by atoms with Crippen molar-refractivity contribution in [3.63, 3.8) is 0 Å². The van der Waals surface area contributed by atoms with E-state index < -0.39 is 0 Å². The normalized spacial score (nSPS) is 12.8. The van der Waals surface area contributed by atoms with Gasteiger partial charge in [0.05, 0.1) is 62.4 Å². The van der Waals surface area contributed by atoms with Crippen molar-refractivity contribution >= 4 is 5.91 Å². The first-order chi connectivity index (χ1) is 16.9. The number of quaternary nitrogens is 3. The fourth-order valence-corrected chi connectivity index (χ4v) is 4.58. The van der Waals surface area contributed by atoms with Crippen molar-refractivity contribution in [1.29, 1.82) is 0 Å². The van der Waals surface area contributed by atoms with Crippen LogP contribution < -0.4 is 5.32 Å². The molecule has 1 N–H and O–H groups in total. The largest absolute Gasteiger partial charge is 0.350 e. The Morgan fingerprint density at radius 2 is 0.861 bits per heavy atom. The highest BCUT2D eigenvalue weighted by molar-refractivity contribution is 5.75. The summed E-state index contributed by atoms with van der Waals surface area (Å²) in [6.45, 7) is 8.77. The molecular weight excluding hydrogens is 444 g/mol. The number of nitrogens with zero attached hydrogens (tertiary/aromatic N) is 3. The number of carbonyl (C=O) groups is 1. The van der Waals surface area contributed by atoms with E-state index in [1.807, 2.05) is 0 Å². The molecule has 0 aliphatic carbocycles. The standard InChI is InChI=1S/C31H68N4O/c1-9-10-11-12-13-14-15-16-17-18-19-20-21-22-23-24-31(36)32-25-26-34(5,6)29-30-35(7,8)28-27-33(2,3)4/h9-30H2,1-8H3/q+2/p+1. The van der Waals surface area contributed by atoms with Crippen molar-refractivity contribution in [2.24, 2.45) is 0 Å². The Bertz CT molecular complexity index is 525. The third kappa shape index (κ3) is 25.0. The van der Waals surface area contributed by atoms with E-state index in [0.717, 1.165) is 39.5 Å². The van der Waals surface area contributed by atoms with Gasteiger partial charge in [0, 0.05) is 6.42 Å². The maximum atomic E-state index is 12.2. The maximum Gasteiger partial charge on any atom is 0.220 e. The molecule has 0 heterocycles. The molecule has 0 fully saturated rings. The van der Waals surface area contributed by atoms with E-state index in [1.165, 1.54) is 110 Å². The van der Waals surface area contributed by atoms with Gasteiger partial charge in [0.2, 0.25) is 5.91 Å². The molecule has 0 aromatic carbocycles. The quantitative estimate of drug-likeness (QED) is 0.114. The Kier molecular flexibility index (Phi) is 20.0. The molecule has 0 aliphatic heterocycles. The summed E-state index contributed by atoms with van der Waals surface area (Å²) in [6.07, 6.45) is 21.1. The zero-order valence-electron chi connectivity index (χ0n) is 26.3. The van der Waals surface area contributed by atoms with Crippen LogP contribution in [0.3, 0.4) is 0 Å². The lowest BCUT2D eigenvalue weighted by Gasteiger charge is -2.37. The maximum absolute atomic E-state index is 12.2. The summed E-state index contributed by atoms with van der Waals surface area (Å²) in [5.74, 6) is 0.240. The molecule has 36 heavy (non-hydrogen) atoms. The van der Waals surface area contributed by atoms with Gasteiger partial charge in [-0.2, -0.15) is 0 Å². The monoisotopic (exact) mass is 514 g/mol. The third-order valence-corrected chi connectivity index (χ3v) is 7.73. The highest BCUT2D eigenvalue weighted by Crippen LogP contribution is 2.13. The Morgan fingerprint density at radius 3 is 1.28 bits per heavy atom. The van der Waals surface area contributed by atoms with Gasteiger partial charge in [0.15, 0.2) is 0 Å².